The van der Waals surface area contributed by atoms with Crippen molar-refractivity contribution in [1.29, 1.82) is 0 Å². The maximum Gasteiger partial charge on any atom is 0.303 e. The number of hydrogen-bond acceptors (Lipinski definition) is 4. The smallest absolute Gasteiger partial charge is 0.303 e. The van der Waals surface area contributed by atoms with Gasteiger partial charge in [0, 0.05) is 24.6 Å². The Bertz CT molecular complexity index is 1020. The fourth-order valence-electron chi connectivity index (χ4n) is 5.97. The summed E-state index contributed by atoms with van der Waals surface area (Å²) in [5.41, 5.74) is 5.71. The number of carboxylic acids is 1. The first kappa shape index (κ1) is 30.0. The normalized spacial score (nSPS) is 15.8. The highest BCUT2D eigenvalue weighted by molar-refractivity contribution is 5.82. The molecule has 0 unspecified atom stereocenters. The quantitative estimate of drug-likeness (QED) is 0.171. The Labute approximate surface area is 229 Å². The minimum Gasteiger partial charge on any atom is -0.504 e. The molecule has 2 aromatic rings. The summed E-state index contributed by atoms with van der Waals surface area (Å²) in [5, 5.41) is 28.5. The molecule has 38 heavy (non-hydrogen) atoms. The van der Waals surface area contributed by atoms with E-state index in [4.69, 9.17) is 5.11 Å². The van der Waals surface area contributed by atoms with Crippen molar-refractivity contribution in [3.05, 3.63) is 47.0 Å². The average Bonchev–Trinajstić information content (AvgIpc) is 2.91. The summed E-state index contributed by atoms with van der Waals surface area (Å²) >= 11 is 0. The van der Waals surface area contributed by atoms with E-state index in [1.807, 2.05) is 6.07 Å². The van der Waals surface area contributed by atoms with Gasteiger partial charge in [-0.2, -0.15) is 0 Å². The summed E-state index contributed by atoms with van der Waals surface area (Å²) < 4.78 is 0. The Kier molecular flexibility index (Phi) is 12.5. The molecule has 0 saturated carbocycles. The summed E-state index contributed by atoms with van der Waals surface area (Å²) in [4.78, 5) is 12.7. The van der Waals surface area contributed by atoms with Gasteiger partial charge < -0.3 is 15.3 Å². The molecule has 1 aliphatic carbocycles. The number of aliphatic carboxylic acids is 1. The van der Waals surface area contributed by atoms with Crippen LogP contribution in [0.3, 0.4) is 0 Å². The number of phenolic OH excluding ortho intramolecular Hbond substituents is 2. The standard InChI is InChI=1S/C17H17NO2.C16H32O2/c1-18-8-7-10-3-2-4-12-15(10)13(18)9-11-5-6-14(19)17(20)16(11)12;1-2-3-4-5-6-7-8-9-10-11-12-13-14-15-16(17)18/h2-6,13,19-20H,7-9H2,1H3;2-15H2,1H3,(H,17,18)/t13-;/m1./s1. The van der Waals surface area contributed by atoms with Crippen LogP contribution in [0.15, 0.2) is 30.3 Å². The topological polar surface area (TPSA) is 81.0 Å². The molecule has 0 bridgehead atoms. The second kappa shape index (κ2) is 15.8. The zero-order valence-electron chi connectivity index (χ0n) is 23.7. The van der Waals surface area contributed by atoms with Gasteiger partial charge in [0.2, 0.25) is 0 Å². The van der Waals surface area contributed by atoms with Crippen LogP contribution in [0.4, 0.5) is 0 Å². The van der Waals surface area contributed by atoms with Crippen LogP contribution in [0, 0.1) is 0 Å². The minimum atomic E-state index is -0.655. The Balaban J connectivity index is 0.000000213. The van der Waals surface area contributed by atoms with E-state index in [1.54, 1.807) is 6.07 Å². The summed E-state index contributed by atoms with van der Waals surface area (Å²) in [5.74, 6) is -0.676. The number of carboxylic acid groups (broad SMARTS) is 1. The van der Waals surface area contributed by atoms with Crippen molar-refractivity contribution in [2.75, 3.05) is 13.6 Å². The Morgan fingerprint density at radius 3 is 2.05 bits per heavy atom. The molecule has 5 heteroatoms. The van der Waals surface area contributed by atoms with Crippen LogP contribution in [-0.2, 0) is 17.6 Å². The van der Waals surface area contributed by atoms with E-state index in [2.05, 4.69) is 37.1 Å². The van der Waals surface area contributed by atoms with E-state index in [-0.39, 0.29) is 11.5 Å². The molecule has 2 aliphatic rings. The molecule has 3 N–H and O–H groups in total. The predicted octanol–water partition coefficient (Wildman–Crippen LogP) is 8.40. The molecule has 0 fully saturated rings. The lowest BCUT2D eigenvalue weighted by Crippen LogP contribution is -2.35. The van der Waals surface area contributed by atoms with Gasteiger partial charge in [-0.15, -0.1) is 0 Å². The number of hydrogen-bond donors (Lipinski definition) is 3. The van der Waals surface area contributed by atoms with E-state index in [1.165, 1.54) is 81.8 Å². The lowest BCUT2D eigenvalue weighted by molar-refractivity contribution is -0.137. The maximum atomic E-state index is 10.3. The molecule has 0 saturated heterocycles. The molecule has 1 heterocycles. The highest BCUT2D eigenvalue weighted by Gasteiger charge is 2.34. The van der Waals surface area contributed by atoms with Gasteiger partial charge in [0.25, 0.3) is 0 Å². The monoisotopic (exact) mass is 523 g/mol. The van der Waals surface area contributed by atoms with Crippen molar-refractivity contribution in [1.82, 2.24) is 4.90 Å². The van der Waals surface area contributed by atoms with Gasteiger partial charge in [0.1, 0.15) is 0 Å². The largest absolute Gasteiger partial charge is 0.504 e. The number of rotatable bonds is 14. The molecule has 0 radical (unpaired) electrons. The summed E-state index contributed by atoms with van der Waals surface area (Å²) in [6.07, 6.45) is 19.2. The third-order valence-electron chi connectivity index (χ3n) is 8.22. The van der Waals surface area contributed by atoms with Crippen LogP contribution < -0.4 is 0 Å². The van der Waals surface area contributed by atoms with Gasteiger partial charge in [0.15, 0.2) is 11.5 Å². The summed E-state index contributed by atoms with van der Waals surface area (Å²) in [6, 6.07) is 10.2. The first-order valence-corrected chi connectivity index (χ1v) is 15.0. The van der Waals surface area contributed by atoms with Crippen LogP contribution in [0.2, 0.25) is 0 Å². The number of benzene rings is 2. The highest BCUT2D eigenvalue weighted by Crippen LogP contribution is 2.49. The molecule has 4 rings (SSSR count). The van der Waals surface area contributed by atoms with Crippen LogP contribution >= 0.6 is 0 Å². The van der Waals surface area contributed by atoms with Crippen molar-refractivity contribution in [2.45, 2.75) is 116 Å². The molecule has 1 aliphatic heterocycles. The summed E-state index contributed by atoms with van der Waals surface area (Å²) in [7, 11) is 2.16. The molecule has 2 aromatic carbocycles. The van der Waals surface area contributed by atoms with Crippen LogP contribution in [0.5, 0.6) is 11.5 Å². The lowest BCUT2D eigenvalue weighted by Gasteiger charge is -2.39. The lowest BCUT2D eigenvalue weighted by atomic mass is 9.77. The molecular weight excluding hydrogens is 474 g/mol. The SMILES string of the molecule is CCCCCCCCCCCCCCCC(=O)O.CN1CCc2cccc3c2[C@H]1Cc1ccc(O)c(O)c1-3. The number of likely N-dealkylation sites (N-methyl/N-ethyl adjacent to an activating group) is 1. The van der Waals surface area contributed by atoms with Gasteiger partial charge in [0.05, 0.1) is 0 Å². The fraction of sp³-hybridized carbons (Fsp3) is 0.606. The molecule has 210 valence electrons. The van der Waals surface area contributed by atoms with Gasteiger partial charge in [-0.1, -0.05) is 108 Å². The zero-order valence-corrected chi connectivity index (χ0v) is 23.7. The number of nitrogens with zero attached hydrogens (tertiary/aromatic N) is 1. The highest BCUT2D eigenvalue weighted by atomic mass is 16.4. The van der Waals surface area contributed by atoms with E-state index in [0.717, 1.165) is 48.9 Å². The van der Waals surface area contributed by atoms with Gasteiger partial charge in [-0.3, -0.25) is 9.69 Å². The Morgan fingerprint density at radius 2 is 1.45 bits per heavy atom. The van der Waals surface area contributed by atoms with Crippen molar-refractivity contribution >= 4 is 5.97 Å². The van der Waals surface area contributed by atoms with Crippen molar-refractivity contribution < 1.29 is 20.1 Å². The van der Waals surface area contributed by atoms with E-state index in [9.17, 15) is 15.0 Å². The number of phenols is 2. The van der Waals surface area contributed by atoms with Crippen molar-refractivity contribution in [2.24, 2.45) is 0 Å². The van der Waals surface area contributed by atoms with Crippen LogP contribution in [0.25, 0.3) is 11.1 Å². The average molecular weight is 524 g/mol. The molecule has 0 amide bonds. The van der Waals surface area contributed by atoms with Gasteiger partial charge in [-0.25, -0.2) is 0 Å². The van der Waals surface area contributed by atoms with E-state index in [0.29, 0.717) is 12.5 Å². The number of fused-ring (bicyclic) bond motifs is 2. The first-order chi connectivity index (χ1) is 18.4. The Morgan fingerprint density at radius 1 is 0.842 bits per heavy atom. The predicted molar refractivity (Wildman–Crippen MR) is 156 cm³/mol. The molecule has 1 atom stereocenters. The molecular formula is C33H49NO4. The van der Waals surface area contributed by atoms with Crippen molar-refractivity contribution in [3.8, 4) is 22.6 Å². The second-order valence-corrected chi connectivity index (χ2v) is 11.2. The van der Waals surface area contributed by atoms with Gasteiger partial charge >= 0.3 is 5.97 Å². The maximum absolute atomic E-state index is 10.3. The van der Waals surface area contributed by atoms with Crippen molar-refractivity contribution in [3.63, 3.8) is 0 Å². The third kappa shape index (κ3) is 8.49. The fourth-order valence-corrected chi connectivity index (χ4v) is 5.97. The third-order valence-corrected chi connectivity index (χ3v) is 8.22. The number of aromatic hydroxyl groups is 2. The Hall–Kier alpha value is -2.53. The molecule has 0 aromatic heterocycles. The van der Waals surface area contributed by atoms with Crippen LogP contribution in [-0.4, -0.2) is 39.8 Å². The van der Waals surface area contributed by atoms with E-state index >= 15 is 0 Å². The number of carbonyl (C=O) groups is 1. The summed E-state index contributed by atoms with van der Waals surface area (Å²) in [6.45, 7) is 3.33. The first-order valence-electron chi connectivity index (χ1n) is 15.0. The molecule has 0 spiro atoms. The van der Waals surface area contributed by atoms with Gasteiger partial charge in [-0.05, 0) is 54.6 Å². The zero-order chi connectivity index (χ0) is 27.3. The molecule has 5 nitrogen and oxygen atoms in total. The minimum absolute atomic E-state index is 0.0163. The van der Waals surface area contributed by atoms with E-state index < -0.39 is 5.97 Å². The second-order valence-electron chi connectivity index (χ2n) is 11.2. The number of unbranched alkanes of at least 4 members (excludes halogenated alkanes) is 12. The van der Waals surface area contributed by atoms with Crippen LogP contribution in [0.1, 0.15) is 120 Å².